The van der Waals surface area contributed by atoms with Gasteiger partial charge in [0.25, 0.3) is 0 Å². The van der Waals surface area contributed by atoms with Crippen molar-refractivity contribution in [3.05, 3.63) is 6.42 Å². The van der Waals surface area contributed by atoms with Gasteiger partial charge in [0, 0.05) is 12.2 Å². The van der Waals surface area contributed by atoms with E-state index in [0.29, 0.717) is 11.5 Å². The van der Waals surface area contributed by atoms with Crippen molar-refractivity contribution in [2.75, 3.05) is 5.75 Å². The van der Waals surface area contributed by atoms with Crippen molar-refractivity contribution in [1.82, 2.24) is 0 Å². The van der Waals surface area contributed by atoms with Crippen molar-refractivity contribution in [2.45, 2.75) is 6.42 Å². The summed E-state index contributed by atoms with van der Waals surface area (Å²) >= 11 is 1.40. The van der Waals surface area contributed by atoms with E-state index in [4.69, 9.17) is 0 Å². The minimum Gasteiger partial charge on any atom is -0.287 e. The first-order valence-corrected chi connectivity index (χ1v) is 2.85. The molecule has 1 radical (unpaired) electrons. The Kier molecular flexibility index (Phi) is 1.15. The van der Waals surface area contributed by atoms with Crippen molar-refractivity contribution in [1.29, 1.82) is 0 Å². The maximum Gasteiger partial charge on any atom is 0.189 e. The predicted molar refractivity (Wildman–Crippen MR) is 26.4 cm³/mol. The van der Waals surface area contributed by atoms with E-state index in [0.717, 1.165) is 5.75 Å². The van der Waals surface area contributed by atoms with E-state index in [9.17, 15) is 4.79 Å². The van der Waals surface area contributed by atoms with E-state index in [-0.39, 0.29) is 0 Å². The molecule has 0 aromatic rings. The van der Waals surface area contributed by atoms with Gasteiger partial charge in [-0.05, 0) is 6.42 Å². The molecule has 1 heterocycles. The standard InChI is InChI=1S/C4H5OS/c5-4-2-1-3-6-4/h1H,2-3H2. The lowest BCUT2D eigenvalue weighted by Crippen LogP contribution is -1.75. The van der Waals surface area contributed by atoms with Crippen LogP contribution in [0.3, 0.4) is 0 Å². The number of rotatable bonds is 0. The highest BCUT2D eigenvalue weighted by molar-refractivity contribution is 8.14. The van der Waals surface area contributed by atoms with Crippen LogP contribution < -0.4 is 0 Å². The summed E-state index contributed by atoms with van der Waals surface area (Å²) in [5.41, 5.74) is 0. The Morgan fingerprint density at radius 3 is 2.83 bits per heavy atom. The lowest BCUT2D eigenvalue weighted by atomic mass is 10.4. The number of carbonyl (C=O) groups is 1. The molecule has 0 amide bonds. The molecule has 0 unspecified atom stereocenters. The molecule has 1 saturated heterocycles. The van der Waals surface area contributed by atoms with Crippen LogP contribution in [0.4, 0.5) is 0 Å². The molecule has 0 N–H and O–H groups in total. The van der Waals surface area contributed by atoms with E-state index >= 15 is 0 Å². The van der Waals surface area contributed by atoms with Gasteiger partial charge in [-0.3, -0.25) is 4.79 Å². The Bertz CT molecular complexity index is 61.9. The second-order valence-corrected chi connectivity index (χ2v) is 2.25. The summed E-state index contributed by atoms with van der Waals surface area (Å²) in [5, 5.41) is 0.315. The number of thioether (sulfide) groups is 1. The van der Waals surface area contributed by atoms with E-state index < -0.39 is 0 Å². The molecule has 1 aliphatic rings. The molecule has 1 aliphatic heterocycles. The van der Waals surface area contributed by atoms with Crippen LogP contribution >= 0.6 is 11.8 Å². The zero-order chi connectivity index (χ0) is 4.41. The van der Waals surface area contributed by atoms with Gasteiger partial charge in [-0.1, -0.05) is 11.8 Å². The molecule has 0 bridgehead atoms. The molecule has 0 spiro atoms. The number of carbonyl (C=O) groups excluding carboxylic acids is 1. The van der Waals surface area contributed by atoms with Crippen LogP contribution in [0.25, 0.3) is 0 Å². The Labute approximate surface area is 41.1 Å². The van der Waals surface area contributed by atoms with Crippen LogP contribution in [0.2, 0.25) is 0 Å². The second kappa shape index (κ2) is 1.65. The average molecular weight is 101 g/mol. The van der Waals surface area contributed by atoms with Crippen LogP contribution in [0.15, 0.2) is 0 Å². The number of hydrogen-bond donors (Lipinski definition) is 0. The summed E-state index contributed by atoms with van der Waals surface area (Å²) in [6, 6.07) is 0. The third-order valence-corrected chi connectivity index (χ3v) is 1.56. The van der Waals surface area contributed by atoms with Crippen molar-refractivity contribution in [2.24, 2.45) is 0 Å². The molecule has 1 fully saturated rings. The molecular weight excluding hydrogens is 96.1 g/mol. The summed E-state index contributed by atoms with van der Waals surface area (Å²) in [4.78, 5) is 10.2. The first-order valence-electron chi connectivity index (χ1n) is 1.87. The van der Waals surface area contributed by atoms with Gasteiger partial charge < -0.3 is 0 Å². The maximum atomic E-state index is 10.2. The van der Waals surface area contributed by atoms with Crippen molar-refractivity contribution in [3.63, 3.8) is 0 Å². The van der Waals surface area contributed by atoms with Crippen LogP contribution in [0, 0.1) is 6.42 Å². The Morgan fingerprint density at radius 2 is 2.67 bits per heavy atom. The first-order chi connectivity index (χ1) is 2.89. The van der Waals surface area contributed by atoms with Gasteiger partial charge in [0.15, 0.2) is 5.12 Å². The molecule has 0 aromatic carbocycles. The SMILES string of the molecule is O=C1C[CH]CS1. The summed E-state index contributed by atoms with van der Waals surface area (Å²) in [5.74, 6) is 0.929. The Morgan fingerprint density at radius 1 is 1.83 bits per heavy atom. The summed E-state index contributed by atoms with van der Waals surface area (Å²) < 4.78 is 0. The lowest BCUT2D eigenvalue weighted by Gasteiger charge is -1.71. The summed E-state index contributed by atoms with van der Waals surface area (Å²) in [7, 11) is 0. The highest BCUT2D eigenvalue weighted by Gasteiger charge is 2.08. The van der Waals surface area contributed by atoms with Crippen molar-refractivity contribution in [3.8, 4) is 0 Å². The molecule has 33 valence electrons. The molecule has 1 nitrogen and oxygen atoms in total. The topological polar surface area (TPSA) is 17.1 Å². The molecule has 0 saturated carbocycles. The zero-order valence-electron chi connectivity index (χ0n) is 3.31. The minimum atomic E-state index is 0.315. The van der Waals surface area contributed by atoms with Gasteiger partial charge in [-0.25, -0.2) is 0 Å². The minimum absolute atomic E-state index is 0.315. The predicted octanol–water partition coefficient (Wildman–Crippen LogP) is 0.854. The molecule has 0 aliphatic carbocycles. The fraction of sp³-hybridized carbons (Fsp3) is 0.500. The molecule has 6 heavy (non-hydrogen) atoms. The van der Waals surface area contributed by atoms with Gasteiger partial charge in [0.1, 0.15) is 0 Å². The summed E-state index contributed by atoms with van der Waals surface area (Å²) in [6.45, 7) is 0. The van der Waals surface area contributed by atoms with Crippen LogP contribution in [-0.4, -0.2) is 10.9 Å². The van der Waals surface area contributed by atoms with Gasteiger partial charge >= 0.3 is 0 Å². The van der Waals surface area contributed by atoms with E-state index in [1.807, 2.05) is 6.42 Å². The van der Waals surface area contributed by atoms with Crippen LogP contribution in [0.1, 0.15) is 6.42 Å². The zero-order valence-corrected chi connectivity index (χ0v) is 4.12. The lowest BCUT2D eigenvalue weighted by molar-refractivity contribution is -0.110. The molecule has 0 aromatic heterocycles. The Hall–Kier alpha value is 0.0200. The monoisotopic (exact) mass is 101 g/mol. The smallest absolute Gasteiger partial charge is 0.189 e. The highest BCUT2D eigenvalue weighted by atomic mass is 32.2. The third-order valence-electron chi connectivity index (χ3n) is 0.673. The highest BCUT2D eigenvalue weighted by Crippen LogP contribution is 2.16. The fourth-order valence-corrected chi connectivity index (χ4v) is 1.04. The van der Waals surface area contributed by atoms with E-state index in [1.165, 1.54) is 11.8 Å². The third kappa shape index (κ3) is 0.744. The molecule has 0 atom stereocenters. The maximum absolute atomic E-state index is 10.2. The van der Waals surface area contributed by atoms with Gasteiger partial charge in [0.2, 0.25) is 0 Å². The second-order valence-electron chi connectivity index (χ2n) is 1.18. The van der Waals surface area contributed by atoms with Crippen molar-refractivity contribution >= 4 is 16.9 Å². The first kappa shape index (κ1) is 4.19. The van der Waals surface area contributed by atoms with Crippen LogP contribution in [0.5, 0.6) is 0 Å². The van der Waals surface area contributed by atoms with Gasteiger partial charge in [0.05, 0.1) is 0 Å². The fourth-order valence-electron chi connectivity index (χ4n) is 0.388. The quantitative estimate of drug-likeness (QED) is 0.450. The summed E-state index contributed by atoms with van der Waals surface area (Å²) in [6.07, 6.45) is 2.68. The Balaban J connectivity index is 2.37. The number of hydrogen-bond acceptors (Lipinski definition) is 2. The largest absolute Gasteiger partial charge is 0.287 e. The molecular formula is C4H5OS. The molecule has 2 heteroatoms. The van der Waals surface area contributed by atoms with E-state index in [2.05, 4.69) is 0 Å². The van der Waals surface area contributed by atoms with Crippen LogP contribution in [-0.2, 0) is 4.79 Å². The van der Waals surface area contributed by atoms with Crippen molar-refractivity contribution < 1.29 is 4.79 Å². The van der Waals surface area contributed by atoms with Gasteiger partial charge in [-0.15, -0.1) is 0 Å². The normalized spacial score (nSPS) is 22.3. The molecule has 1 rings (SSSR count). The van der Waals surface area contributed by atoms with E-state index in [1.54, 1.807) is 0 Å². The van der Waals surface area contributed by atoms with Gasteiger partial charge in [-0.2, -0.15) is 0 Å². The average Bonchev–Trinajstić information content (AvgIpc) is 1.86.